The number of benzene rings is 1. The largest absolute Gasteiger partial charge is 0.497 e. The second-order valence-electron chi connectivity index (χ2n) is 7.88. The summed E-state index contributed by atoms with van der Waals surface area (Å²) in [5.74, 6) is 1.68. The SMILES string of the molecule is COc1ccc(CCN2CN(CC(C)C)CC23CCNCC3)cc1. The zero-order valence-corrected chi connectivity index (χ0v) is 15.6. The number of methoxy groups -OCH3 is 1. The summed E-state index contributed by atoms with van der Waals surface area (Å²) < 4.78 is 5.26. The van der Waals surface area contributed by atoms with Crippen LogP contribution < -0.4 is 10.1 Å². The summed E-state index contributed by atoms with van der Waals surface area (Å²) in [6, 6.07) is 8.56. The molecule has 1 spiro atoms. The van der Waals surface area contributed by atoms with E-state index in [4.69, 9.17) is 4.74 Å². The standard InChI is InChI=1S/C20H33N3O/c1-17(2)14-22-15-20(9-11-21-12-10-20)23(16-22)13-8-18-4-6-19(24-3)7-5-18/h4-7,17,21H,8-16H2,1-3H3. The van der Waals surface area contributed by atoms with Crippen molar-refractivity contribution in [2.45, 2.75) is 38.6 Å². The van der Waals surface area contributed by atoms with Crippen molar-refractivity contribution in [3.05, 3.63) is 29.8 Å². The Kier molecular flexibility index (Phi) is 5.80. The first kappa shape index (κ1) is 17.7. The molecule has 1 aromatic rings. The molecule has 2 aliphatic rings. The highest BCUT2D eigenvalue weighted by atomic mass is 16.5. The van der Waals surface area contributed by atoms with Crippen LogP contribution in [0.3, 0.4) is 0 Å². The van der Waals surface area contributed by atoms with Gasteiger partial charge in [-0.2, -0.15) is 0 Å². The maximum Gasteiger partial charge on any atom is 0.118 e. The maximum absolute atomic E-state index is 5.26. The minimum absolute atomic E-state index is 0.395. The monoisotopic (exact) mass is 331 g/mol. The summed E-state index contributed by atoms with van der Waals surface area (Å²) in [6.45, 7) is 11.7. The van der Waals surface area contributed by atoms with E-state index in [-0.39, 0.29) is 0 Å². The van der Waals surface area contributed by atoms with Gasteiger partial charge in [-0.05, 0) is 56.0 Å². The lowest BCUT2D eigenvalue weighted by Gasteiger charge is -2.41. The van der Waals surface area contributed by atoms with Crippen LogP contribution in [-0.2, 0) is 6.42 Å². The van der Waals surface area contributed by atoms with Crippen LogP contribution in [0.15, 0.2) is 24.3 Å². The minimum Gasteiger partial charge on any atom is -0.497 e. The first-order chi connectivity index (χ1) is 11.6. The molecule has 2 fully saturated rings. The van der Waals surface area contributed by atoms with Crippen LogP contribution in [0.1, 0.15) is 32.3 Å². The van der Waals surface area contributed by atoms with E-state index in [1.54, 1.807) is 7.11 Å². The zero-order valence-electron chi connectivity index (χ0n) is 15.6. The third kappa shape index (κ3) is 4.11. The molecule has 1 N–H and O–H groups in total. The summed E-state index contributed by atoms with van der Waals surface area (Å²) in [5, 5.41) is 3.54. The molecule has 0 aliphatic carbocycles. The molecule has 4 heteroatoms. The van der Waals surface area contributed by atoms with E-state index in [9.17, 15) is 0 Å². The molecule has 2 aliphatic heterocycles. The Bertz CT molecular complexity index is 508. The molecule has 3 rings (SSSR count). The molecule has 4 nitrogen and oxygen atoms in total. The topological polar surface area (TPSA) is 27.7 Å². The van der Waals surface area contributed by atoms with Crippen LogP contribution >= 0.6 is 0 Å². The molecule has 0 unspecified atom stereocenters. The van der Waals surface area contributed by atoms with Crippen molar-refractivity contribution in [3.8, 4) is 5.75 Å². The quantitative estimate of drug-likeness (QED) is 0.867. The van der Waals surface area contributed by atoms with Gasteiger partial charge in [-0.1, -0.05) is 26.0 Å². The zero-order chi connectivity index (χ0) is 17.0. The smallest absolute Gasteiger partial charge is 0.118 e. The molecule has 0 atom stereocenters. The van der Waals surface area contributed by atoms with E-state index in [0.717, 1.165) is 44.4 Å². The summed E-state index contributed by atoms with van der Waals surface area (Å²) in [5.41, 5.74) is 1.80. The van der Waals surface area contributed by atoms with Gasteiger partial charge in [0, 0.05) is 25.2 Å². The van der Waals surface area contributed by atoms with E-state index >= 15 is 0 Å². The fourth-order valence-electron chi connectivity index (χ4n) is 4.33. The first-order valence-corrected chi connectivity index (χ1v) is 9.42. The van der Waals surface area contributed by atoms with E-state index in [1.165, 1.54) is 31.5 Å². The van der Waals surface area contributed by atoms with Gasteiger partial charge in [0.1, 0.15) is 5.75 Å². The molecule has 134 valence electrons. The van der Waals surface area contributed by atoms with Gasteiger partial charge in [0.05, 0.1) is 13.8 Å². The van der Waals surface area contributed by atoms with Crippen molar-refractivity contribution < 1.29 is 4.74 Å². The van der Waals surface area contributed by atoms with Crippen molar-refractivity contribution in [2.75, 3.05) is 46.5 Å². The first-order valence-electron chi connectivity index (χ1n) is 9.42. The van der Waals surface area contributed by atoms with E-state index in [1.807, 2.05) is 0 Å². The fraction of sp³-hybridized carbons (Fsp3) is 0.700. The third-order valence-electron chi connectivity index (χ3n) is 5.55. The summed E-state index contributed by atoms with van der Waals surface area (Å²) in [6.07, 6.45) is 3.68. The number of hydrogen-bond donors (Lipinski definition) is 1. The fourth-order valence-corrected chi connectivity index (χ4v) is 4.33. The van der Waals surface area contributed by atoms with Crippen LogP contribution in [0.2, 0.25) is 0 Å². The molecule has 24 heavy (non-hydrogen) atoms. The average Bonchev–Trinajstić information content (AvgIpc) is 2.90. The van der Waals surface area contributed by atoms with Crippen LogP contribution in [0.4, 0.5) is 0 Å². The second kappa shape index (κ2) is 7.85. The Morgan fingerprint density at radius 1 is 1.17 bits per heavy atom. The molecule has 0 amide bonds. The van der Waals surface area contributed by atoms with E-state index < -0.39 is 0 Å². The van der Waals surface area contributed by atoms with Crippen LogP contribution in [0, 0.1) is 5.92 Å². The number of nitrogens with one attached hydrogen (secondary N) is 1. The lowest BCUT2D eigenvalue weighted by Crippen LogP contribution is -2.53. The van der Waals surface area contributed by atoms with Gasteiger partial charge in [0.15, 0.2) is 0 Å². The molecule has 0 aromatic heterocycles. The predicted octanol–water partition coefficient (Wildman–Crippen LogP) is 2.59. The summed E-state index contributed by atoms with van der Waals surface area (Å²) in [4.78, 5) is 5.43. The second-order valence-corrected chi connectivity index (χ2v) is 7.88. The lowest BCUT2D eigenvalue weighted by molar-refractivity contribution is 0.109. The Balaban J connectivity index is 1.64. The molecule has 2 saturated heterocycles. The molecule has 0 saturated carbocycles. The van der Waals surface area contributed by atoms with Gasteiger partial charge in [0.2, 0.25) is 0 Å². The van der Waals surface area contributed by atoms with Gasteiger partial charge >= 0.3 is 0 Å². The number of hydrogen-bond acceptors (Lipinski definition) is 4. The van der Waals surface area contributed by atoms with Crippen LogP contribution in [-0.4, -0.2) is 61.8 Å². The molecule has 0 radical (unpaired) electrons. The third-order valence-corrected chi connectivity index (χ3v) is 5.55. The average molecular weight is 332 g/mol. The molecular weight excluding hydrogens is 298 g/mol. The molecule has 2 heterocycles. The predicted molar refractivity (Wildman–Crippen MR) is 99.5 cm³/mol. The number of ether oxygens (including phenoxy) is 1. The highest BCUT2D eigenvalue weighted by Gasteiger charge is 2.44. The Morgan fingerprint density at radius 2 is 1.88 bits per heavy atom. The molecule has 0 bridgehead atoms. The van der Waals surface area contributed by atoms with Crippen LogP contribution in [0.25, 0.3) is 0 Å². The van der Waals surface area contributed by atoms with Crippen molar-refractivity contribution in [1.29, 1.82) is 0 Å². The van der Waals surface area contributed by atoms with Crippen LogP contribution in [0.5, 0.6) is 5.75 Å². The lowest BCUT2D eigenvalue weighted by atomic mass is 9.87. The number of piperidine rings is 1. The number of nitrogens with zero attached hydrogens (tertiary/aromatic N) is 2. The van der Waals surface area contributed by atoms with Gasteiger partial charge < -0.3 is 10.1 Å². The molecular formula is C20H33N3O. The Labute approximate surface area is 147 Å². The van der Waals surface area contributed by atoms with Crippen molar-refractivity contribution in [2.24, 2.45) is 5.92 Å². The van der Waals surface area contributed by atoms with Gasteiger partial charge in [-0.25, -0.2) is 0 Å². The Hall–Kier alpha value is -1.10. The summed E-state index contributed by atoms with van der Waals surface area (Å²) in [7, 11) is 1.73. The van der Waals surface area contributed by atoms with Crippen molar-refractivity contribution in [3.63, 3.8) is 0 Å². The Morgan fingerprint density at radius 3 is 2.50 bits per heavy atom. The van der Waals surface area contributed by atoms with Gasteiger partial charge in [-0.15, -0.1) is 0 Å². The van der Waals surface area contributed by atoms with Gasteiger partial charge in [0.25, 0.3) is 0 Å². The normalized spacial score (nSPS) is 21.7. The minimum atomic E-state index is 0.395. The highest BCUT2D eigenvalue weighted by Crippen LogP contribution is 2.33. The van der Waals surface area contributed by atoms with Crippen molar-refractivity contribution >= 4 is 0 Å². The van der Waals surface area contributed by atoms with E-state index in [2.05, 4.69) is 53.2 Å². The van der Waals surface area contributed by atoms with Gasteiger partial charge in [-0.3, -0.25) is 9.80 Å². The summed E-state index contributed by atoms with van der Waals surface area (Å²) >= 11 is 0. The highest BCUT2D eigenvalue weighted by molar-refractivity contribution is 5.27. The van der Waals surface area contributed by atoms with Crippen molar-refractivity contribution in [1.82, 2.24) is 15.1 Å². The molecule has 1 aromatic carbocycles. The maximum atomic E-state index is 5.26. The van der Waals surface area contributed by atoms with E-state index in [0.29, 0.717) is 5.54 Å². The number of rotatable bonds is 6.